The van der Waals surface area contributed by atoms with Gasteiger partial charge in [-0.25, -0.2) is 0 Å². The van der Waals surface area contributed by atoms with Crippen LogP contribution in [0.3, 0.4) is 0 Å². The molecule has 0 saturated heterocycles. The Bertz CT molecular complexity index is 524. The maximum absolute atomic E-state index is 3.44. The minimum atomic E-state index is 0.523. The van der Waals surface area contributed by atoms with Crippen LogP contribution in [0.2, 0.25) is 0 Å². The normalized spacial score (nSPS) is 21.8. The Morgan fingerprint density at radius 3 is 2.33 bits per heavy atom. The van der Waals surface area contributed by atoms with Crippen molar-refractivity contribution >= 4 is 7.98 Å². The van der Waals surface area contributed by atoms with Crippen LogP contribution >= 0.6 is 0 Å². The van der Waals surface area contributed by atoms with E-state index in [0.717, 1.165) is 6.42 Å². The van der Waals surface area contributed by atoms with Crippen LogP contribution in [-0.4, -0.2) is 7.98 Å². The Balaban J connectivity index is 1.87. The van der Waals surface area contributed by atoms with E-state index in [9.17, 15) is 0 Å². The molecule has 0 unspecified atom stereocenters. The first-order valence-corrected chi connectivity index (χ1v) is 6.68. The summed E-state index contributed by atoms with van der Waals surface area (Å²) >= 11 is 0. The van der Waals surface area contributed by atoms with Gasteiger partial charge in [-0.05, 0) is 35.4 Å². The lowest BCUT2D eigenvalue weighted by Gasteiger charge is -2.12. The minimum absolute atomic E-state index is 0.523. The number of rotatable bonds is 3. The Kier molecular flexibility index (Phi) is 3.20. The van der Waals surface area contributed by atoms with Gasteiger partial charge in [-0.15, -0.1) is 0 Å². The highest BCUT2D eigenvalue weighted by atomic mass is 14.8. The molecule has 1 aliphatic carbocycles. The predicted octanol–water partition coefficient (Wildman–Crippen LogP) is 2.60. The Morgan fingerprint density at radius 1 is 0.944 bits per heavy atom. The molecule has 0 aromatic heterocycles. The monoisotopic (exact) mass is 235 g/mol. The van der Waals surface area contributed by atoms with Crippen molar-refractivity contribution in [2.75, 3.05) is 0 Å². The highest BCUT2D eigenvalue weighted by Gasteiger charge is 2.29. The van der Waals surface area contributed by atoms with Crippen molar-refractivity contribution in [1.29, 1.82) is 0 Å². The zero-order chi connectivity index (χ0) is 12.4. The molecule has 90 valence electrons. The molecule has 0 amide bonds. The molecule has 1 N–H and O–H groups in total. The first-order chi connectivity index (χ1) is 8.88. The molecule has 3 rings (SSSR count). The molecule has 0 aliphatic heterocycles. The van der Waals surface area contributed by atoms with Crippen molar-refractivity contribution in [3.63, 3.8) is 0 Å². The molecular formula is C16H18BN. The van der Waals surface area contributed by atoms with E-state index in [4.69, 9.17) is 0 Å². The Hall–Kier alpha value is -1.54. The SMILES string of the molecule is BN[C@@H]1C[C@@H](Cc2ccccc2)c2ccccc21. The van der Waals surface area contributed by atoms with E-state index in [-0.39, 0.29) is 0 Å². The van der Waals surface area contributed by atoms with E-state index in [1.165, 1.54) is 23.1 Å². The van der Waals surface area contributed by atoms with E-state index in [2.05, 4.69) is 67.8 Å². The van der Waals surface area contributed by atoms with Crippen molar-refractivity contribution in [3.8, 4) is 0 Å². The molecule has 0 saturated carbocycles. The topological polar surface area (TPSA) is 12.0 Å². The van der Waals surface area contributed by atoms with Crippen molar-refractivity contribution < 1.29 is 0 Å². The Morgan fingerprint density at radius 2 is 1.61 bits per heavy atom. The molecule has 0 bridgehead atoms. The zero-order valence-corrected chi connectivity index (χ0v) is 10.8. The summed E-state index contributed by atoms with van der Waals surface area (Å²) in [5.41, 5.74) is 4.45. The molecule has 2 atom stereocenters. The standard InChI is InChI=1S/C16H18BN/c17-18-16-11-13(10-12-6-2-1-3-7-12)14-8-4-5-9-15(14)16/h1-9,13,16,18H,10-11,17H2/t13-,16-/m1/s1. The smallest absolute Gasteiger partial charge is 0.182 e. The summed E-state index contributed by atoms with van der Waals surface area (Å²) in [7, 11) is 2.06. The van der Waals surface area contributed by atoms with E-state index in [1.807, 2.05) is 0 Å². The fourth-order valence-electron chi connectivity index (χ4n) is 3.10. The quantitative estimate of drug-likeness (QED) is 0.806. The zero-order valence-electron chi connectivity index (χ0n) is 10.8. The van der Waals surface area contributed by atoms with Gasteiger partial charge < -0.3 is 5.23 Å². The lowest BCUT2D eigenvalue weighted by molar-refractivity contribution is 0.573. The van der Waals surface area contributed by atoms with Crippen LogP contribution in [0.5, 0.6) is 0 Å². The number of benzene rings is 2. The molecule has 0 heterocycles. The fraction of sp³-hybridized carbons (Fsp3) is 0.250. The molecule has 18 heavy (non-hydrogen) atoms. The van der Waals surface area contributed by atoms with Crippen LogP contribution in [0.4, 0.5) is 0 Å². The van der Waals surface area contributed by atoms with Gasteiger partial charge >= 0.3 is 0 Å². The van der Waals surface area contributed by atoms with E-state index >= 15 is 0 Å². The van der Waals surface area contributed by atoms with Crippen molar-refractivity contribution in [2.24, 2.45) is 0 Å². The van der Waals surface area contributed by atoms with Crippen molar-refractivity contribution in [1.82, 2.24) is 5.23 Å². The van der Waals surface area contributed by atoms with Gasteiger partial charge in [-0.3, -0.25) is 0 Å². The predicted molar refractivity (Wildman–Crippen MR) is 78.4 cm³/mol. The van der Waals surface area contributed by atoms with Crippen LogP contribution in [0.15, 0.2) is 54.6 Å². The molecule has 1 nitrogen and oxygen atoms in total. The first kappa shape index (κ1) is 11.5. The van der Waals surface area contributed by atoms with Crippen LogP contribution < -0.4 is 5.23 Å². The number of hydrogen-bond donors (Lipinski definition) is 1. The summed E-state index contributed by atoms with van der Waals surface area (Å²) in [6.07, 6.45) is 2.36. The van der Waals surface area contributed by atoms with Gasteiger partial charge in [0.1, 0.15) is 0 Å². The molecular weight excluding hydrogens is 217 g/mol. The molecule has 0 radical (unpaired) electrons. The molecule has 1 aliphatic rings. The second-order valence-corrected chi connectivity index (χ2v) is 5.09. The second kappa shape index (κ2) is 4.99. The highest BCUT2D eigenvalue weighted by molar-refractivity contribution is 6.04. The Labute approximate surface area is 110 Å². The van der Waals surface area contributed by atoms with Gasteiger partial charge in [0, 0.05) is 6.04 Å². The van der Waals surface area contributed by atoms with Crippen LogP contribution in [0.1, 0.15) is 35.1 Å². The van der Waals surface area contributed by atoms with E-state index in [1.54, 1.807) is 0 Å². The average molecular weight is 235 g/mol. The molecule has 2 aromatic carbocycles. The van der Waals surface area contributed by atoms with Gasteiger partial charge in [0.25, 0.3) is 0 Å². The summed E-state index contributed by atoms with van der Waals surface area (Å²) in [6, 6.07) is 20.2. The van der Waals surface area contributed by atoms with Gasteiger partial charge in [0.15, 0.2) is 7.98 Å². The maximum Gasteiger partial charge on any atom is 0.182 e. The molecule has 2 aromatic rings. The summed E-state index contributed by atoms with van der Waals surface area (Å²) in [6.45, 7) is 0. The fourth-order valence-corrected chi connectivity index (χ4v) is 3.10. The second-order valence-electron chi connectivity index (χ2n) is 5.09. The third kappa shape index (κ3) is 2.09. The third-order valence-corrected chi connectivity index (χ3v) is 4.00. The first-order valence-electron chi connectivity index (χ1n) is 6.68. The maximum atomic E-state index is 3.44. The minimum Gasteiger partial charge on any atom is -0.356 e. The van der Waals surface area contributed by atoms with Crippen LogP contribution in [0, 0.1) is 0 Å². The lowest BCUT2D eigenvalue weighted by Crippen LogP contribution is -2.15. The lowest BCUT2D eigenvalue weighted by atomic mass is 9.94. The molecule has 0 spiro atoms. The summed E-state index contributed by atoms with van der Waals surface area (Å²) in [5, 5.41) is 3.44. The van der Waals surface area contributed by atoms with Crippen molar-refractivity contribution in [3.05, 3.63) is 71.3 Å². The van der Waals surface area contributed by atoms with E-state index < -0.39 is 0 Å². The number of hydrogen-bond acceptors (Lipinski definition) is 1. The van der Waals surface area contributed by atoms with Gasteiger partial charge in [0.05, 0.1) is 0 Å². The van der Waals surface area contributed by atoms with Gasteiger partial charge in [-0.1, -0.05) is 54.6 Å². The summed E-state index contributed by atoms with van der Waals surface area (Å²) in [5.74, 6) is 0.654. The summed E-state index contributed by atoms with van der Waals surface area (Å²) in [4.78, 5) is 0. The van der Waals surface area contributed by atoms with Crippen LogP contribution in [0.25, 0.3) is 0 Å². The van der Waals surface area contributed by atoms with Gasteiger partial charge in [0.2, 0.25) is 0 Å². The molecule has 2 heteroatoms. The van der Waals surface area contributed by atoms with Crippen LogP contribution in [-0.2, 0) is 6.42 Å². The average Bonchev–Trinajstić information content (AvgIpc) is 2.78. The van der Waals surface area contributed by atoms with E-state index in [0.29, 0.717) is 12.0 Å². The molecule has 0 fully saturated rings. The number of fused-ring (bicyclic) bond motifs is 1. The largest absolute Gasteiger partial charge is 0.356 e. The van der Waals surface area contributed by atoms with Crippen molar-refractivity contribution in [2.45, 2.75) is 24.8 Å². The highest BCUT2D eigenvalue weighted by Crippen LogP contribution is 2.41. The number of nitrogens with one attached hydrogen (secondary N) is 1. The summed E-state index contributed by atoms with van der Waals surface area (Å²) < 4.78 is 0. The third-order valence-electron chi connectivity index (χ3n) is 4.00. The van der Waals surface area contributed by atoms with Gasteiger partial charge in [-0.2, -0.15) is 0 Å².